The Kier molecular flexibility index (Phi) is 4.04. The van der Waals surface area contributed by atoms with E-state index in [-0.39, 0.29) is 0 Å². The predicted molar refractivity (Wildman–Crippen MR) is 64.8 cm³/mol. The van der Waals surface area contributed by atoms with Gasteiger partial charge in [0.15, 0.2) is 0 Å². The number of rotatable bonds is 2. The third kappa shape index (κ3) is 2.94. The van der Waals surface area contributed by atoms with Crippen molar-refractivity contribution in [1.82, 2.24) is 4.90 Å². The SMILES string of the molecule is CCC1CCN(C2CCC(N)CC2)CC1. The minimum absolute atomic E-state index is 0.495. The Morgan fingerprint density at radius 1 is 1.00 bits per heavy atom. The van der Waals surface area contributed by atoms with Crippen LogP contribution in [0.25, 0.3) is 0 Å². The van der Waals surface area contributed by atoms with E-state index in [4.69, 9.17) is 5.73 Å². The van der Waals surface area contributed by atoms with Crippen LogP contribution in [0.3, 0.4) is 0 Å². The summed E-state index contributed by atoms with van der Waals surface area (Å²) in [6, 6.07) is 1.36. The highest BCUT2D eigenvalue weighted by molar-refractivity contribution is 4.83. The molecule has 0 aromatic carbocycles. The van der Waals surface area contributed by atoms with Crippen molar-refractivity contribution >= 4 is 0 Å². The van der Waals surface area contributed by atoms with Crippen molar-refractivity contribution in [2.24, 2.45) is 11.7 Å². The first-order chi connectivity index (χ1) is 7.29. The molecule has 0 bridgehead atoms. The summed E-state index contributed by atoms with van der Waals surface area (Å²) in [5.74, 6) is 1.01. The molecule has 2 rings (SSSR count). The fraction of sp³-hybridized carbons (Fsp3) is 1.00. The summed E-state index contributed by atoms with van der Waals surface area (Å²) in [4.78, 5) is 2.73. The van der Waals surface area contributed by atoms with Crippen LogP contribution in [-0.2, 0) is 0 Å². The number of hydrogen-bond donors (Lipinski definition) is 1. The Hall–Kier alpha value is -0.0800. The van der Waals surface area contributed by atoms with Crippen LogP contribution >= 0.6 is 0 Å². The van der Waals surface area contributed by atoms with Crippen LogP contribution in [0.15, 0.2) is 0 Å². The van der Waals surface area contributed by atoms with E-state index in [0.29, 0.717) is 6.04 Å². The van der Waals surface area contributed by atoms with Crippen LogP contribution in [0.1, 0.15) is 51.9 Å². The second-order valence-corrected chi connectivity index (χ2v) is 5.46. The van der Waals surface area contributed by atoms with Crippen molar-refractivity contribution in [1.29, 1.82) is 0 Å². The second-order valence-electron chi connectivity index (χ2n) is 5.46. The molecule has 1 heterocycles. The van der Waals surface area contributed by atoms with Gasteiger partial charge in [-0.2, -0.15) is 0 Å². The van der Waals surface area contributed by atoms with Crippen LogP contribution in [0.5, 0.6) is 0 Å². The van der Waals surface area contributed by atoms with Crippen LogP contribution < -0.4 is 5.73 Å². The van der Waals surface area contributed by atoms with E-state index in [9.17, 15) is 0 Å². The summed E-state index contributed by atoms with van der Waals surface area (Å²) in [5.41, 5.74) is 5.95. The highest BCUT2D eigenvalue weighted by Crippen LogP contribution is 2.27. The molecular formula is C13H26N2. The second kappa shape index (κ2) is 5.31. The van der Waals surface area contributed by atoms with E-state index in [1.54, 1.807) is 0 Å². The van der Waals surface area contributed by atoms with Crippen molar-refractivity contribution in [2.75, 3.05) is 13.1 Å². The lowest BCUT2D eigenvalue weighted by atomic mass is 9.87. The van der Waals surface area contributed by atoms with Gasteiger partial charge in [0.25, 0.3) is 0 Å². The first kappa shape index (κ1) is 11.4. The molecule has 1 aliphatic heterocycles. The molecule has 1 aliphatic carbocycles. The van der Waals surface area contributed by atoms with Crippen molar-refractivity contribution < 1.29 is 0 Å². The molecule has 2 fully saturated rings. The fourth-order valence-electron chi connectivity index (χ4n) is 3.19. The van der Waals surface area contributed by atoms with Crippen LogP contribution in [0.2, 0.25) is 0 Å². The molecule has 2 N–H and O–H groups in total. The average Bonchev–Trinajstić information content (AvgIpc) is 2.30. The van der Waals surface area contributed by atoms with E-state index in [0.717, 1.165) is 12.0 Å². The Morgan fingerprint density at radius 3 is 2.13 bits per heavy atom. The van der Waals surface area contributed by atoms with Crippen LogP contribution in [0.4, 0.5) is 0 Å². The molecule has 88 valence electrons. The molecule has 0 aromatic rings. The van der Waals surface area contributed by atoms with Gasteiger partial charge in [0.05, 0.1) is 0 Å². The maximum absolute atomic E-state index is 5.95. The Bertz CT molecular complexity index is 177. The highest BCUT2D eigenvalue weighted by atomic mass is 15.2. The summed E-state index contributed by atoms with van der Waals surface area (Å²) in [6.07, 6.45) is 9.42. The largest absolute Gasteiger partial charge is 0.328 e. The lowest BCUT2D eigenvalue weighted by Gasteiger charge is -2.40. The zero-order valence-corrected chi connectivity index (χ0v) is 10.1. The molecule has 0 atom stereocenters. The van der Waals surface area contributed by atoms with Gasteiger partial charge in [-0.05, 0) is 57.5 Å². The molecule has 0 radical (unpaired) electrons. The Balaban J connectivity index is 1.75. The molecule has 2 nitrogen and oxygen atoms in total. The minimum atomic E-state index is 0.495. The quantitative estimate of drug-likeness (QED) is 0.758. The van der Waals surface area contributed by atoms with Gasteiger partial charge in [0.1, 0.15) is 0 Å². The highest BCUT2D eigenvalue weighted by Gasteiger charge is 2.27. The lowest BCUT2D eigenvalue weighted by Crippen LogP contribution is -2.44. The standard InChI is InChI=1S/C13H26N2/c1-2-11-7-9-15(10-8-11)13-5-3-12(14)4-6-13/h11-13H,2-10,14H2,1H3. The topological polar surface area (TPSA) is 29.3 Å². The molecule has 1 saturated heterocycles. The van der Waals surface area contributed by atoms with Crippen molar-refractivity contribution in [2.45, 2.75) is 64.0 Å². The number of hydrogen-bond acceptors (Lipinski definition) is 2. The normalized spacial score (nSPS) is 35.6. The predicted octanol–water partition coefficient (Wildman–Crippen LogP) is 2.38. The first-order valence-corrected chi connectivity index (χ1v) is 6.79. The van der Waals surface area contributed by atoms with Gasteiger partial charge < -0.3 is 10.6 Å². The molecule has 2 aliphatic rings. The van der Waals surface area contributed by atoms with Crippen LogP contribution in [0, 0.1) is 5.92 Å². The van der Waals surface area contributed by atoms with Gasteiger partial charge in [-0.3, -0.25) is 0 Å². The molecule has 0 aromatic heterocycles. The van der Waals surface area contributed by atoms with Gasteiger partial charge in [0, 0.05) is 12.1 Å². The summed E-state index contributed by atoms with van der Waals surface area (Å²) >= 11 is 0. The van der Waals surface area contributed by atoms with Crippen molar-refractivity contribution in [3.63, 3.8) is 0 Å². The van der Waals surface area contributed by atoms with Crippen LogP contribution in [-0.4, -0.2) is 30.1 Å². The number of piperidine rings is 1. The van der Waals surface area contributed by atoms with Gasteiger partial charge in [-0.25, -0.2) is 0 Å². The minimum Gasteiger partial charge on any atom is -0.328 e. The number of likely N-dealkylation sites (tertiary alicyclic amines) is 1. The summed E-state index contributed by atoms with van der Waals surface area (Å²) in [5, 5.41) is 0. The molecule has 0 spiro atoms. The van der Waals surface area contributed by atoms with Crippen molar-refractivity contribution in [3.8, 4) is 0 Å². The lowest BCUT2D eigenvalue weighted by molar-refractivity contribution is 0.102. The van der Waals surface area contributed by atoms with E-state index in [2.05, 4.69) is 11.8 Å². The van der Waals surface area contributed by atoms with E-state index >= 15 is 0 Å². The van der Waals surface area contributed by atoms with Gasteiger partial charge in [-0.15, -0.1) is 0 Å². The third-order valence-corrected chi connectivity index (χ3v) is 4.48. The fourth-order valence-corrected chi connectivity index (χ4v) is 3.19. The van der Waals surface area contributed by atoms with Gasteiger partial charge in [-0.1, -0.05) is 13.3 Å². The Labute approximate surface area is 94.2 Å². The molecule has 0 unspecified atom stereocenters. The van der Waals surface area contributed by atoms with E-state index < -0.39 is 0 Å². The summed E-state index contributed by atoms with van der Waals surface area (Å²) in [6.45, 7) is 5.02. The molecule has 0 amide bonds. The monoisotopic (exact) mass is 210 g/mol. The maximum atomic E-state index is 5.95. The van der Waals surface area contributed by atoms with E-state index in [1.807, 2.05) is 0 Å². The molecule has 1 saturated carbocycles. The first-order valence-electron chi connectivity index (χ1n) is 6.79. The third-order valence-electron chi connectivity index (χ3n) is 4.48. The van der Waals surface area contributed by atoms with Crippen molar-refractivity contribution in [3.05, 3.63) is 0 Å². The average molecular weight is 210 g/mol. The summed E-state index contributed by atoms with van der Waals surface area (Å²) in [7, 11) is 0. The smallest absolute Gasteiger partial charge is 0.00964 e. The van der Waals surface area contributed by atoms with Gasteiger partial charge >= 0.3 is 0 Å². The molecule has 2 heteroatoms. The molecular weight excluding hydrogens is 184 g/mol. The number of nitrogens with zero attached hydrogens (tertiary/aromatic N) is 1. The maximum Gasteiger partial charge on any atom is 0.00964 e. The Morgan fingerprint density at radius 2 is 1.60 bits per heavy atom. The number of nitrogens with two attached hydrogens (primary N) is 1. The summed E-state index contributed by atoms with van der Waals surface area (Å²) < 4.78 is 0. The zero-order valence-electron chi connectivity index (χ0n) is 10.1. The zero-order chi connectivity index (χ0) is 10.7. The molecule has 15 heavy (non-hydrogen) atoms. The van der Waals surface area contributed by atoms with Gasteiger partial charge in [0.2, 0.25) is 0 Å². The van der Waals surface area contributed by atoms with E-state index in [1.165, 1.54) is 58.0 Å².